The maximum absolute atomic E-state index is 5.85. The Kier molecular flexibility index (Phi) is 3.27. The molecule has 0 unspecified atom stereocenters. The first-order valence-electron chi connectivity index (χ1n) is 4.70. The lowest BCUT2D eigenvalue weighted by Gasteiger charge is -2.06. The minimum absolute atomic E-state index is 0.613. The van der Waals surface area contributed by atoms with Crippen LogP contribution < -0.4 is 9.47 Å². The molecule has 2 rings (SSSR count). The highest BCUT2D eigenvalue weighted by Crippen LogP contribution is 2.25. The number of nitrogens with zero attached hydrogens (tertiary/aromatic N) is 1. The molecule has 0 saturated carbocycles. The molecule has 0 N–H and O–H groups in total. The first kappa shape index (κ1) is 10.8. The number of halogens is 1. The van der Waals surface area contributed by atoms with Gasteiger partial charge in [-0.15, -0.1) is 0 Å². The molecule has 3 nitrogen and oxygen atoms in total. The van der Waals surface area contributed by atoms with Crippen LogP contribution >= 0.6 is 11.6 Å². The topological polar surface area (TPSA) is 31.4 Å². The molecule has 1 aromatic heterocycles. The summed E-state index contributed by atoms with van der Waals surface area (Å²) in [6, 6.07) is 8.93. The third kappa shape index (κ3) is 2.64. The van der Waals surface area contributed by atoms with Crippen LogP contribution in [0.4, 0.5) is 0 Å². The Morgan fingerprint density at radius 1 is 1.06 bits per heavy atom. The van der Waals surface area contributed by atoms with E-state index in [4.69, 9.17) is 21.1 Å². The normalized spacial score (nSPS) is 9.88. The van der Waals surface area contributed by atoms with Crippen LogP contribution in [0.1, 0.15) is 0 Å². The summed E-state index contributed by atoms with van der Waals surface area (Å²) in [6.07, 6.45) is 3.23. The van der Waals surface area contributed by atoms with E-state index in [1.807, 2.05) is 12.1 Å². The van der Waals surface area contributed by atoms with Crippen LogP contribution in [0.5, 0.6) is 17.2 Å². The highest BCUT2D eigenvalue weighted by atomic mass is 35.5. The van der Waals surface area contributed by atoms with Gasteiger partial charge in [-0.1, -0.05) is 17.7 Å². The molecule has 1 aromatic carbocycles. The minimum Gasteiger partial charge on any atom is -0.495 e. The number of hydrogen-bond acceptors (Lipinski definition) is 3. The van der Waals surface area contributed by atoms with Crippen molar-refractivity contribution in [1.29, 1.82) is 0 Å². The van der Waals surface area contributed by atoms with Gasteiger partial charge in [0.1, 0.15) is 17.2 Å². The van der Waals surface area contributed by atoms with Crippen LogP contribution in [0.25, 0.3) is 0 Å². The Morgan fingerprint density at radius 3 is 2.62 bits per heavy atom. The summed E-state index contributed by atoms with van der Waals surface area (Å²) in [7, 11) is 1.58. The summed E-state index contributed by atoms with van der Waals surface area (Å²) in [5.74, 6) is 1.93. The molecule has 0 spiro atoms. The van der Waals surface area contributed by atoms with Crippen LogP contribution in [-0.2, 0) is 0 Å². The van der Waals surface area contributed by atoms with E-state index in [9.17, 15) is 0 Å². The van der Waals surface area contributed by atoms with Crippen LogP contribution in [0.2, 0.25) is 5.02 Å². The second-order valence-electron chi connectivity index (χ2n) is 3.12. The van der Waals surface area contributed by atoms with Crippen molar-refractivity contribution in [2.24, 2.45) is 0 Å². The van der Waals surface area contributed by atoms with Gasteiger partial charge in [0.25, 0.3) is 0 Å². The lowest BCUT2D eigenvalue weighted by molar-refractivity contribution is 0.406. The first-order chi connectivity index (χ1) is 7.78. The molecule has 1 heterocycles. The lowest BCUT2D eigenvalue weighted by atomic mass is 10.3. The summed E-state index contributed by atoms with van der Waals surface area (Å²) in [5, 5.41) is 0.633. The van der Waals surface area contributed by atoms with Gasteiger partial charge in [-0.05, 0) is 18.2 Å². The molecule has 0 atom stereocenters. The van der Waals surface area contributed by atoms with Crippen molar-refractivity contribution in [2.45, 2.75) is 0 Å². The van der Waals surface area contributed by atoms with E-state index in [1.54, 1.807) is 37.7 Å². The largest absolute Gasteiger partial charge is 0.495 e. The molecule has 2 aromatic rings. The fourth-order valence-electron chi connectivity index (χ4n) is 1.23. The van der Waals surface area contributed by atoms with Gasteiger partial charge < -0.3 is 9.47 Å². The van der Waals surface area contributed by atoms with Crippen LogP contribution in [0, 0.1) is 0 Å². The third-order valence-corrected chi connectivity index (χ3v) is 2.19. The summed E-state index contributed by atoms with van der Waals surface area (Å²) in [5.41, 5.74) is 0. The van der Waals surface area contributed by atoms with E-state index in [1.165, 1.54) is 0 Å². The Morgan fingerprint density at radius 2 is 1.88 bits per heavy atom. The average Bonchev–Trinajstić information content (AvgIpc) is 2.29. The fourth-order valence-corrected chi connectivity index (χ4v) is 1.41. The van der Waals surface area contributed by atoms with Crippen LogP contribution in [0.15, 0.2) is 42.7 Å². The fraction of sp³-hybridized carbons (Fsp3) is 0.0833. The molecular weight excluding hydrogens is 226 g/mol. The maximum Gasteiger partial charge on any atom is 0.149 e. The number of ether oxygens (including phenoxy) is 2. The van der Waals surface area contributed by atoms with Crippen molar-refractivity contribution < 1.29 is 9.47 Å². The zero-order chi connectivity index (χ0) is 11.4. The summed E-state index contributed by atoms with van der Waals surface area (Å²) >= 11 is 5.85. The van der Waals surface area contributed by atoms with E-state index < -0.39 is 0 Å². The number of pyridine rings is 1. The number of methoxy groups -OCH3 is 1. The lowest BCUT2D eigenvalue weighted by Crippen LogP contribution is -1.88. The molecule has 0 aliphatic heterocycles. The molecule has 0 saturated heterocycles. The quantitative estimate of drug-likeness (QED) is 0.816. The number of aromatic nitrogens is 1. The van der Waals surface area contributed by atoms with Gasteiger partial charge in [0.15, 0.2) is 0 Å². The monoisotopic (exact) mass is 235 g/mol. The van der Waals surface area contributed by atoms with Crippen molar-refractivity contribution in [2.75, 3.05) is 7.11 Å². The first-order valence-corrected chi connectivity index (χ1v) is 5.08. The molecule has 0 bridgehead atoms. The second-order valence-corrected chi connectivity index (χ2v) is 3.56. The summed E-state index contributed by atoms with van der Waals surface area (Å²) in [4.78, 5) is 3.99. The SMILES string of the molecule is COc1cncc(Oc2cccc(Cl)c2)c1. The zero-order valence-corrected chi connectivity index (χ0v) is 9.44. The Hall–Kier alpha value is -1.74. The average molecular weight is 236 g/mol. The molecule has 82 valence electrons. The van der Waals surface area contributed by atoms with E-state index in [2.05, 4.69) is 4.98 Å². The molecule has 0 amide bonds. The highest BCUT2D eigenvalue weighted by Gasteiger charge is 2.00. The molecule has 0 aliphatic carbocycles. The number of benzene rings is 1. The van der Waals surface area contributed by atoms with Crippen molar-refractivity contribution >= 4 is 11.6 Å². The molecular formula is C12H10ClNO2. The smallest absolute Gasteiger partial charge is 0.149 e. The van der Waals surface area contributed by atoms with Crippen molar-refractivity contribution in [3.05, 3.63) is 47.7 Å². The highest BCUT2D eigenvalue weighted by molar-refractivity contribution is 6.30. The van der Waals surface area contributed by atoms with Crippen molar-refractivity contribution in [1.82, 2.24) is 4.98 Å². The number of rotatable bonds is 3. The van der Waals surface area contributed by atoms with E-state index in [-0.39, 0.29) is 0 Å². The van der Waals surface area contributed by atoms with Gasteiger partial charge in [-0.2, -0.15) is 0 Å². The van der Waals surface area contributed by atoms with Crippen LogP contribution in [0.3, 0.4) is 0 Å². The molecule has 4 heteroatoms. The van der Waals surface area contributed by atoms with Gasteiger partial charge in [0, 0.05) is 11.1 Å². The Labute approximate surface area is 98.6 Å². The maximum atomic E-state index is 5.85. The second kappa shape index (κ2) is 4.86. The predicted octanol–water partition coefficient (Wildman–Crippen LogP) is 3.54. The minimum atomic E-state index is 0.613. The summed E-state index contributed by atoms with van der Waals surface area (Å²) in [6.45, 7) is 0. The molecule has 0 aliphatic rings. The molecule has 0 fully saturated rings. The standard InChI is InChI=1S/C12H10ClNO2/c1-15-11-6-12(8-14-7-11)16-10-4-2-3-9(13)5-10/h2-8H,1H3. The van der Waals surface area contributed by atoms with E-state index >= 15 is 0 Å². The van der Waals surface area contributed by atoms with Gasteiger partial charge in [0.05, 0.1) is 19.5 Å². The third-order valence-electron chi connectivity index (χ3n) is 1.96. The Bertz CT molecular complexity index is 488. The van der Waals surface area contributed by atoms with Gasteiger partial charge >= 0.3 is 0 Å². The van der Waals surface area contributed by atoms with Crippen molar-refractivity contribution in [3.63, 3.8) is 0 Å². The van der Waals surface area contributed by atoms with E-state index in [0.717, 1.165) is 0 Å². The van der Waals surface area contributed by atoms with Gasteiger partial charge in [-0.3, -0.25) is 4.98 Å². The summed E-state index contributed by atoms with van der Waals surface area (Å²) < 4.78 is 10.6. The van der Waals surface area contributed by atoms with Crippen LogP contribution in [-0.4, -0.2) is 12.1 Å². The van der Waals surface area contributed by atoms with Crippen molar-refractivity contribution in [3.8, 4) is 17.2 Å². The van der Waals surface area contributed by atoms with E-state index in [0.29, 0.717) is 22.3 Å². The Balaban J connectivity index is 2.20. The van der Waals surface area contributed by atoms with Gasteiger partial charge in [0.2, 0.25) is 0 Å². The van der Waals surface area contributed by atoms with Gasteiger partial charge in [-0.25, -0.2) is 0 Å². The zero-order valence-electron chi connectivity index (χ0n) is 8.68. The molecule has 0 radical (unpaired) electrons. The molecule has 16 heavy (non-hydrogen) atoms. The predicted molar refractivity (Wildman–Crippen MR) is 62.3 cm³/mol. The number of hydrogen-bond donors (Lipinski definition) is 0.